The maximum absolute atomic E-state index is 12.6. The summed E-state index contributed by atoms with van der Waals surface area (Å²) in [7, 11) is -4.75. The van der Waals surface area contributed by atoms with Gasteiger partial charge in [0.15, 0.2) is 5.78 Å². The van der Waals surface area contributed by atoms with Crippen LogP contribution < -0.4 is 109 Å². The van der Waals surface area contributed by atoms with Crippen molar-refractivity contribution in [2.75, 3.05) is 6.29 Å². The molecule has 0 fully saturated rings. The number of aromatic nitrogens is 4. The van der Waals surface area contributed by atoms with Crippen LogP contribution >= 0.6 is 7.60 Å². The van der Waals surface area contributed by atoms with Crippen LogP contribution in [0.15, 0.2) is 42.5 Å². The molecule has 1 aliphatic carbocycles. The van der Waals surface area contributed by atoms with Crippen molar-refractivity contribution in [3.8, 4) is 11.1 Å². The quantitative estimate of drug-likeness (QED) is 0.223. The minimum atomic E-state index is -4.75. The summed E-state index contributed by atoms with van der Waals surface area (Å²) in [5.41, 5.74) is 3.77. The second kappa shape index (κ2) is 12.0. The number of hydrogen-bond acceptors (Lipinski definition) is 8. The average molecular weight is 451 g/mol. The fourth-order valence-corrected chi connectivity index (χ4v) is 3.65. The normalized spacial score (nSPS) is 12.7. The molecule has 30 heavy (non-hydrogen) atoms. The molecule has 13 heteroatoms. The third-order valence-corrected chi connectivity index (χ3v) is 4.98. The number of fused-ring (bicyclic) bond motifs is 3. The van der Waals surface area contributed by atoms with Gasteiger partial charge in [0.1, 0.15) is 0 Å². The molecule has 0 spiro atoms. The topological polar surface area (TPSA) is 145 Å². The van der Waals surface area contributed by atoms with Crippen molar-refractivity contribution >= 4 is 13.4 Å². The molecule has 1 atom stereocenters. The number of carbonyl (C=O) groups is 1. The maximum Gasteiger partial charge on any atom is 1.00 e. The predicted octanol–water partition coefficient (Wildman–Crippen LogP) is -9.20. The first kappa shape index (κ1) is 28.3. The molecule has 4 rings (SSSR count). The number of nitrogens with one attached hydrogen (secondary N) is 1. The summed E-state index contributed by atoms with van der Waals surface area (Å²) in [5.74, 6) is 0.127. The van der Waals surface area contributed by atoms with Crippen molar-refractivity contribution in [2.45, 2.75) is 12.5 Å². The van der Waals surface area contributed by atoms with E-state index in [0.717, 1.165) is 16.7 Å². The number of tetrazole rings is 1. The molecule has 1 aromatic heterocycles. The molecule has 2 aromatic carbocycles. The Kier molecular flexibility index (Phi) is 11.3. The van der Waals surface area contributed by atoms with Gasteiger partial charge in [-0.15, -0.1) is 0 Å². The second-order valence-corrected chi connectivity index (χ2v) is 7.76. The predicted molar refractivity (Wildman–Crippen MR) is 90.5 cm³/mol. The molecule has 0 aliphatic heterocycles. The number of carbonyl (C=O) groups excluding carboxylic acids is 1. The molecule has 0 radical (unpaired) electrons. The summed E-state index contributed by atoms with van der Waals surface area (Å²) in [6.07, 6.45) is -0.480. The Morgan fingerprint density at radius 1 is 1.00 bits per heavy atom. The molecule has 1 N–H and O–H groups in total. The molecular weight excluding hydrogens is 438 g/mol. The van der Waals surface area contributed by atoms with E-state index in [4.69, 9.17) is 0 Å². The van der Waals surface area contributed by atoms with E-state index in [1.807, 2.05) is 30.3 Å². The van der Waals surface area contributed by atoms with Crippen LogP contribution in [0, 0.1) is 0 Å². The molecule has 1 heterocycles. The number of nitrogens with zero attached hydrogens (tertiary/aromatic N) is 4. The van der Waals surface area contributed by atoms with Crippen LogP contribution in [0.4, 0.5) is 0 Å². The zero-order valence-electron chi connectivity index (χ0n) is 16.9. The Hall–Kier alpha value is 0.290. The summed E-state index contributed by atoms with van der Waals surface area (Å²) in [5, 5.41) is 16.9. The number of rotatable bonds is 6. The summed E-state index contributed by atoms with van der Waals surface area (Å²) < 4.78 is 11.0. The van der Waals surface area contributed by atoms with Gasteiger partial charge in [-0.05, 0) is 29.2 Å². The van der Waals surface area contributed by atoms with Crippen molar-refractivity contribution in [1.82, 2.24) is 25.9 Å². The molecule has 0 amide bonds. The van der Waals surface area contributed by atoms with Gasteiger partial charge in [-0.3, -0.25) is 15.1 Å². The minimum absolute atomic E-state index is 0. The Bertz CT molecular complexity index is 1060. The van der Waals surface area contributed by atoms with Crippen LogP contribution in [0.5, 0.6) is 0 Å². The van der Waals surface area contributed by atoms with Gasteiger partial charge >= 0.3 is 88.7 Å². The Labute approximate surface area is 239 Å². The summed E-state index contributed by atoms with van der Waals surface area (Å²) in [6.45, 7) is 0. The van der Waals surface area contributed by atoms with Crippen LogP contribution in [0.25, 0.3) is 11.1 Å². The van der Waals surface area contributed by atoms with Crippen molar-refractivity contribution < 1.29 is 108 Å². The van der Waals surface area contributed by atoms with E-state index in [9.17, 15) is 19.1 Å². The SMILES string of the molecule is O=C1c2ccccc2-c2ccc(CC(NCP(=O)([O-])[O-])c3nnn[n-]3)cc21.[Na+].[Na+].[Na+]. The van der Waals surface area contributed by atoms with Crippen molar-refractivity contribution in [3.05, 3.63) is 65.0 Å². The van der Waals surface area contributed by atoms with Gasteiger partial charge in [0.25, 0.3) is 0 Å². The molecule has 138 valence electrons. The first-order valence-electron chi connectivity index (χ1n) is 8.12. The number of benzene rings is 2. The van der Waals surface area contributed by atoms with Crippen LogP contribution in [-0.2, 0) is 11.0 Å². The fourth-order valence-electron chi connectivity index (χ4n) is 3.21. The molecule has 0 saturated carbocycles. The largest absolute Gasteiger partial charge is 1.00 e. The monoisotopic (exact) mass is 451 g/mol. The maximum atomic E-state index is 12.6. The third kappa shape index (κ3) is 6.42. The Morgan fingerprint density at radius 2 is 1.67 bits per heavy atom. The van der Waals surface area contributed by atoms with E-state index in [-0.39, 0.29) is 107 Å². The first-order chi connectivity index (χ1) is 12.9. The molecular formula is C17H13N5Na3O4P. The van der Waals surface area contributed by atoms with Crippen LogP contribution in [0.1, 0.15) is 33.4 Å². The minimum Gasteiger partial charge on any atom is -0.810 e. The van der Waals surface area contributed by atoms with E-state index < -0.39 is 19.9 Å². The van der Waals surface area contributed by atoms with Crippen molar-refractivity contribution in [2.24, 2.45) is 0 Å². The smallest absolute Gasteiger partial charge is 0.810 e. The van der Waals surface area contributed by atoms with Crippen LogP contribution in [0.3, 0.4) is 0 Å². The average Bonchev–Trinajstić information content (AvgIpc) is 3.26. The van der Waals surface area contributed by atoms with Gasteiger partial charge in [0, 0.05) is 29.3 Å². The standard InChI is InChI=1S/C17H15N5O4P.3Na/c23-16-13-4-2-1-3-11(13)12-6-5-10(7-14(12)16)8-15(17-19-21-22-20-17)18-9-27(24,25)26;;;/h1-7,15,18H,8-9H2,(H2-,19,20,21,22,24,25,26);;;/q-1;3*+1/p-2. The zero-order valence-corrected chi connectivity index (χ0v) is 23.8. The molecule has 9 nitrogen and oxygen atoms in total. The molecule has 0 bridgehead atoms. The van der Waals surface area contributed by atoms with Gasteiger partial charge in [-0.1, -0.05) is 44.0 Å². The third-order valence-electron chi connectivity index (χ3n) is 4.41. The van der Waals surface area contributed by atoms with Gasteiger partial charge in [-0.2, -0.15) is 5.21 Å². The van der Waals surface area contributed by atoms with Crippen molar-refractivity contribution in [3.63, 3.8) is 0 Å². The zero-order chi connectivity index (χ0) is 19.0. The van der Waals surface area contributed by atoms with Gasteiger partial charge in [-0.25, -0.2) is 0 Å². The Balaban J connectivity index is 0.00000150. The molecule has 1 aliphatic rings. The van der Waals surface area contributed by atoms with Gasteiger partial charge < -0.3 is 24.8 Å². The second-order valence-electron chi connectivity index (χ2n) is 6.22. The molecule has 1 unspecified atom stereocenters. The first-order valence-corrected chi connectivity index (χ1v) is 9.85. The Morgan fingerprint density at radius 3 is 2.30 bits per heavy atom. The van der Waals surface area contributed by atoms with E-state index in [2.05, 4.69) is 25.9 Å². The van der Waals surface area contributed by atoms with Crippen LogP contribution in [-0.4, -0.2) is 27.6 Å². The molecule has 3 aromatic rings. The van der Waals surface area contributed by atoms with Crippen molar-refractivity contribution in [1.29, 1.82) is 0 Å². The van der Waals surface area contributed by atoms with E-state index >= 15 is 0 Å². The van der Waals surface area contributed by atoms with Crippen LogP contribution in [0.2, 0.25) is 0 Å². The summed E-state index contributed by atoms with van der Waals surface area (Å²) in [4.78, 5) is 34.6. The van der Waals surface area contributed by atoms with E-state index in [1.54, 1.807) is 12.1 Å². The van der Waals surface area contributed by atoms with E-state index in [0.29, 0.717) is 11.1 Å². The van der Waals surface area contributed by atoms with Gasteiger partial charge in [0.05, 0.1) is 0 Å². The number of ketones is 1. The molecule has 0 saturated heterocycles. The van der Waals surface area contributed by atoms with Gasteiger partial charge in [0.2, 0.25) is 0 Å². The number of hydrogen-bond donors (Lipinski definition) is 1. The summed E-state index contributed by atoms with van der Waals surface area (Å²) >= 11 is 0. The summed E-state index contributed by atoms with van der Waals surface area (Å²) in [6, 6.07) is 12.2. The van der Waals surface area contributed by atoms with E-state index in [1.165, 1.54) is 0 Å². The fraction of sp³-hybridized carbons (Fsp3) is 0.176.